The Balaban J connectivity index is 1.07. The molecule has 0 spiro atoms. The topological polar surface area (TPSA) is 44.8 Å². The lowest BCUT2D eigenvalue weighted by molar-refractivity contribution is -0.119. The van der Waals surface area contributed by atoms with Gasteiger partial charge < -0.3 is 14.2 Å². The molecule has 0 N–H and O–H groups in total. The molecule has 4 aromatic carbocycles. The number of hydrogen-bond donors (Lipinski definition) is 0. The van der Waals surface area contributed by atoms with E-state index in [2.05, 4.69) is 0 Å². The number of Topliss-reactive ketones (excluding diaryl/α,β-unsaturated/α-hetero) is 1. The normalized spacial score (nSPS) is 11.1. The van der Waals surface area contributed by atoms with E-state index < -0.39 is 34.9 Å². The first-order valence-electron chi connectivity index (χ1n) is 16.0. The lowest BCUT2D eigenvalue weighted by Crippen LogP contribution is -2.02. The van der Waals surface area contributed by atoms with Crippen molar-refractivity contribution in [3.63, 3.8) is 0 Å². The van der Waals surface area contributed by atoms with Gasteiger partial charge >= 0.3 is 0 Å². The van der Waals surface area contributed by atoms with Crippen molar-refractivity contribution in [1.82, 2.24) is 0 Å². The van der Waals surface area contributed by atoms with Crippen molar-refractivity contribution < 1.29 is 45.3 Å². The van der Waals surface area contributed by atoms with Gasteiger partial charge in [-0.3, -0.25) is 4.79 Å². The Morgan fingerprint density at radius 3 is 1.52 bits per heavy atom. The summed E-state index contributed by atoms with van der Waals surface area (Å²) in [7, 11) is 0. The number of halogens is 6. The molecule has 0 saturated heterocycles. The zero-order chi connectivity index (χ0) is 34.6. The molecule has 256 valence electrons. The average molecular weight is 673 g/mol. The molecule has 4 rings (SSSR count). The Bertz CT molecular complexity index is 1710. The second kappa shape index (κ2) is 17.6. The maximum Gasteiger partial charge on any atom is 0.201 e. The van der Waals surface area contributed by atoms with Crippen LogP contribution in [0.2, 0.25) is 0 Å². The Morgan fingerprint density at radius 1 is 0.542 bits per heavy atom. The predicted octanol–water partition coefficient (Wildman–Crippen LogP) is 10.7. The number of carbonyl (C=O) groups excluding carboxylic acids is 1. The van der Waals surface area contributed by atoms with Crippen molar-refractivity contribution in [3.8, 4) is 39.5 Å². The zero-order valence-electron chi connectivity index (χ0n) is 27.0. The summed E-state index contributed by atoms with van der Waals surface area (Å²) in [5, 5.41) is 0. The van der Waals surface area contributed by atoms with Crippen molar-refractivity contribution in [1.29, 1.82) is 0 Å². The Morgan fingerprint density at radius 2 is 1.02 bits per heavy atom. The summed E-state index contributed by atoms with van der Waals surface area (Å²) in [5.74, 6) is -5.45. The van der Waals surface area contributed by atoms with Gasteiger partial charge in [-0.25, -0.2) is 22.0 Å². The molecule has 0 aliphatic heterocycles. The molecule has 0 heterocycles. The fourth-order valence-corrected chi connectivity index (χ4v) is 5.18. The van der Waals surface area contributed by atoms with Gasteiger partial charge in [-0.1, -0.05) is 12.1 Å². The SMILES string of the molecule is CCOc1ccc(-c2ccc(OCCCCCC(=O)CCCCCOc3ccc(-c4ccc(C)c(F)c4F)c(F)c3)cc2F)c(F)c1F. The van der Waals surface area contributed by atoms with E-state index in [4.69, 9.17) is 14.2 Å². The van der Waals surface area contributed by atoms with Gasteiger partial charge in [-0.05, 0) is 94.3 Å². The van der Waals surface area contributed by atoms with Crippen molar-refractivity contribution >= 4 is 5.78 Å². The van der Waals surface area contributed by atoms with Crippen molar-refractivity contribution in [3.05, 3.63) is 101 Å². The van der Waals surface area contributed by atoms with Gasteiger partial charge in [0.15, 0.2) is 23.2 Å². The average Bonchev–Trinajstić information content (AvgIpc) is 3.06. The van der Waals surface area contributed by atoms with Crippen molar-refractivity contribution in [2.24, 2.45) is 0 Å². The molecule has 48 heavy (non-hydrogen) atoms. The van der Waals surface area contributed by atoms with Gasteiger partial charge in [-0.2, -0.15) is 4.39 Å². The minimum Gasteiger partial charge on any atom is -0.493 e. The summed E-state index contributed by atoms with van der Waals surface area (Å²) in [6, 6.07) is 13.2. The van der Waals surface area contributed by atoms with Gasteiger partial charge in [0.2, 0.25) is 5.82 Å². The van der Waals surface area contributed by atoms with Gasteiger partial charge in [0.1, 0.15) is 28.9 Å². The van der Waals surface area contributed by atoms with Crippen molar-refractivity contribution in [2.75, 3.05) is 19.8 Å². The first-order chi connectivity index (χ1) is 23.1. The molecule has 4 aromatic rings. The van der Waals surface area contributed by atoms with Crippen LogP contribution in [-0.4, -0.2) is 25.6 Å². The quantitative estimate of drug-likeness (QED) is 0.0780. The third kappa shape index (κ3) is 9.55. The monoisotopic (exact) mass is 672 g/mol. The van der Waals surface area contributed by atoms with Crippen LogP contribution in [0.4, 0.5) is 26.3 Å². The molecule has 10 heteroatoms. The largest absolute Gasteiger partial charge is 0.493 e. The molecule has 4 nitrogen and oxygen atoms in total. The molecular weight excluding hydrogens is 634 g/mol. The number of ether oxygens (including phenoxy) is 3. The number of ketones is 1. The van der Waals surface area contributed by atoms with E-state index in [1.54, 1.807) is 6.92 Å². The first-order valence-corrected chi connectivity index (χ1v) is 16.0. The van der Waals surface area contributed by atoms with Crippen LogP contribution in [0.25, 0.3) is 22.3 Å². The Kier molecular flexibility index (Phi) is 13.3. The van der Waals surface area contributed by atoms with E-state index in [-0.39, 0.29) is 57.5 Å². The number of carbonyl (C=O) groups is 1. The fourth-order valence-electron chi connectivity index (χ4n) is 5.18. The van der Waals surface area contributed by atoms with Crippen molar-refractivity contribution in [2.45, 2.75) is 65.2 Å². The molecule has 0 aromatic heterocycles. The summed E-state index contributed by atoms with van der Waals surface area (Å²) in [5.41, 5.74) is -0.368. The minimum absolute atomic E-state index is 0.0510. The standard InChI is InChI=1S/C38H38F6O4/c1-3-46-34-19-18-31(37(43)38(34)44)29-17-14-27(23-33(29)40)48-21-9-5-7-11-25(45)10-6-4-8-20-47-26-13-16-28(32(39)22-26)30-15-12-24(2)35(41)36(30)42/h12-19,22-23H,3-11,20-21H2,1-2H3. The molecule has 0 unspecified atom stereocenters. The minimum atomic E-state index is -1.19. The van der Waals surface area contributed by atoms with Gasteiger partial charge in [0.25, 0.3) is 0 Å². The van der Waals surface area contributed by atoms with Gasteiger partial charge in [-0.15, -0.1) is 0 Å². The Labute approximate surface area is 276 Å². The highest BCUT2D eigenvalue weighted by molar-refractivity contribution is 5.78. The second-order valence-electron chi connectivity index (χ2n) is 11.4. The lowest BCUT2D eigenvalue weighted by atomic mass is 10.0. The van der Waals surface area contributed by atoms with Crippen LogP contribution in [0.1, 0.15) is 63.9 Å². The molecule has 0 fully saturated rings. The van der Waals surface area contributed by atoms with Gasteiger partial charge in [0.05, 0.1) is 19.8 Å². The van der Waals surface area contributed by atoms with Crippen LogP contribution in [0.15, 0.2) is 60.7 Å². The molecule has 0 bridgehead atoms. The fraction of sp³-hybridized carbons (Fsp3) is 0.342. The molecule has 0 radical (unpaired) electrons. The maximum atomic E-state index is 14.7. The van der Waals surface area contributed by atoms with Crippen LogP contribution >= 0.6 is 0 Å². The summed E-state index contributed by atoms with van der Waals surface area (Å²) < 4.78 is 102. The molecule has 0 aliphatic rings. The van der Waals surface area contributed by atoms with E-state index in [1.807, 2.05) is 0 Å². The molecule has 0 atom stereocenters. The third-order valence-corrected chi connectivity index (χ3v) is 7.82. The zero-order valence-corrected chi connectivity index (χ0v) is 27.0. The summed E-state index contributed by atoms with van der Waals surface area (Å²) in [6.45, 7) is 3.88. The number of benzene rings is 4. The number of hydrogen-bond acceptors (Lipinski definition) is 4. The number of unbranched alkanes of at least 4 members (excludes halogenated alkanes) is 4. The van der Waals surface area contributed by atoms with E-state index in [9.17, 15) is 31.1 Å². The maximum absolute atomic E-state index is 14.7. The number of aryl methyl sites for hydroxylation is 1. The molecule has 0 aliphatic carbocycles. The highest BCUT2D eigenvalue weighted by atomic mass is 19.2. The van der Waals surface area contributed by atoms with E-state index in [1.165, 1.54) is 55.5 Å². The molecule has 0 saturated carbocycles. The highest BCUT2D eigenvalue weighted by Crippen LogP contribution is 2.33. The summed E-state index contributed by atoms with van der Waals surface area (Å²) in [4.78, 5) is 12.2. The van der Waals surface area contributed by atoms with E-state index in [0.717, 1.165) is 25.0 Å². The summed E-state index contributed by atoms with van der Waals surface area (Å²) in [6.07, 6.45) is 5.11. The molecule has 0 amide bonds. The second-order valence-corrected chi connectivity index (χ2v) is 11.4. The van der Waals surface area contributed by atoms with Crippen LogP contribution < -0.4 is 14.2 Å². The molecular formula is C38H38F6O4. The lowest BCUT2D eigenvalue weighted by Gasteiger charge is -2.11. The van der Waals surface area contributed by atoms with Crippen LogP contribution in [0, 0.1) is 41.8 Å². The Hall–Kier alpha value is -4.47. The third-order valence-electron chi connectivity index (χ3n) is 7.82. The summed E-state index contributed by atoms with van der Waals surface area (Å²) >= 11 is 0. The number of rotatable bonds is 18. The van der Waals surface area contributed by atoms with Crippen LogP contribution in [0.3, 0.4) is 0 Å². The van der Waals surface area contributed by atoms with Gasteiger partial charge in [0, 0.05) is 47.2 Å². The smallest absolute Gasteiger partial charge is 0.201 e. The van der Waals surface area contributed by atoms with Crippen LogP contribution in [-0.2, 0) is 4.79 Å². The van der Waals surface area contributed by atoms with Crippen LogP contribution in [0.5, 0.6) is 17.2 Å². The van der Waals surface area contributed by atoms with E-state index >= 15 is 0 Å². The van der Waals surface area contributed by atoms with E-state index in [0.29, 0.717) is 51.7 Å². The first kappa shape index (κ1) is 36.4. The predicted molar refractivity (Wildman–Crippen MR) is 172 cm³/mol. The highest BCUT2D eigenvalue weighted by Gasteiger charge is 2.19.